The Labute approximate surface area is 170 Å². The number of anilines is 1. The monoisotopic (exact) mass is 392 g/mol. The van der Waals surface area contributed by atoms with Gasteiger partial charge >= 0.3 is 5.97 Å². The van der Waals surface area contributed by atoms with Crippen LogP contribution in [0.5, 0.6) is 0 Å². The molecule has 0 aliphatic carbocycles. The van der Waals surface area contributed by atoms with Crippen LogP contribution >= 0.6 is 0 Å². The van der Waals surface area contributed by atoms with Gasteiger partial charge in [-0.15, -0.1) is 0 Å². The van der Waals surface area contributed by atoms with E-state index in [1.165, 1.54) is 0 Å². The van der Waals surface area contributed by atoms with Crippen LogP contribution in [0, 0.1) is 6.92 Å². The van der Waals surface area contributed by atoms with E-state index in [0.717, 1.165) is 11.1 Å². The van der Waals surface area contributed by atoms with Gasteiger partial charge in [-0.2, -0.15) is 0 Å². The topological polar surface area (TPSA) is 90.7 Å². The maximum absolute atomic E-state index is 13.2. The number of aryl methyl sites for hydroxylation is 1. The molecule has 1 heterocycles. The van der Waals surface area contributed by atoms with E-state index in [1.54, 1.807) is 26.0 Å². The Kier molecular flexibility index (Phi) is 6.02. The summed E-state index contributed by atoms with van der Waals surface area (Å²) in [6, 6.07) is 16.7. The number of hydrogen-bond donors (Lipinski definition) is 2. The average molecular weight is 392 g/mol. The molecule has 0 saturated carbocycles. The lowest BCUT2D eigenvalue weighted by Crippen LogP contribution is -2.32. The summed E-state index contributed by atoms with van der Waals surface area (Å²) in [4.78, 5) is 26.0. The van der Waals surface area contributed by atoms with Crippen LogP contribution in [0.4, 0.5) is 5.69 Å². The summed E-state index contributed by atoms with van der Waals surface area (Å²) in [6.45, 7) is 5.49. The van der Waals surface area contributed by atoms with Gasteiger partial charge in [0, 0.05) is 5.69 Å². The van der Waals surface area contributed by atoms with Crippen LogP contribution < -0.4 is 11.1 Å². The van der Waals surface area contributed by atoms with E-state index < -0.39 is 11.9 Å². The van der Waals surface area contributed by atoms with Crippen molar-refractivity contribution in [2.24, 2.45) is 5.73 Å². The summed E-state index contributed by atoms with van der Waals surface area (Å²) in [5, 5.41) is 2.88. The Morgan fingerprint density at radius 1 is 1.03 bits per heavy atom. The van der Waals surface area contributed by atoms with Crippen LogP contribution in [-0.4, -0.2) is 18.5 Å². The van der Waals surface area contributed by atoms with Crippen molar-refractivity contribution >= 4 is 17.6 Å². The number of amides is 1. The Morgan fingerprint density at radius 3 is 2.34 bits per heavy atom. The molecule has 6 heteroatoms. The van der Waals surface area contributed by atoms with Gasteiger partial charge in [0.15, 0.2) is 0 Å². The van der Waals surface area contributed by atoms with Crippen LogP contribution in [0.15, 0.2) is 77.4 Å². The molecule has 0 aromatic heterocycles. The second-order valence-electron chi connectivity index (χ2n) is 6.68. The minimum Gasteiger partial charge on any atom is -0.462 e. The third kappa shape index (κ3) is 4.16. The highest BCUT2D eigenvalue weighted by Crippen LogP contribution is 2.41. The fourth-order valence-electron chi connectivity index (χ4n) is 3.42. The second kappa shape index (κ2) is 8.65. The van der Waals surface area contributed by atoms with E-state index in [9.17, 15) is 9.59 Å². The van der Waals surface area contributed by atoms with E-state index in [4.69, 9.17) is 15.2 Å². The number of ether oxygens (including phenoxy) is 2. The van der Waals surface area contributed by atoms with Gasteiger partial charge < -0.3 is 20.5 Å². The molecule has 0 spiro atoms. The SMILES string of the molecule is CCOC(=O)C1=C(N)OC(C)=C(C(=O)Nc2ccccc2)[C@@H]1c1ccccc1C. The van der Waals surface area contributed by atoms with Gasteiger partial charge in [0.2, 0.25) is 5.88 Å². The summed E-state index contributed by atoms with van der Waals surface area (Å²) in [5.74, 6) is -1.37. The third-order valence-electron chi connectivity index (χ3n) is 4.76. The highest BCUT2D eigenvalue weighted by atomic mass is 16.5. The lowest BCUT2D eigenvalue weighted by atomic mass is 9.80. The van der Waals surface area contributed by atoms with Crippen molar-refractivity contribution in [1.82, 2.24) is 0 Å². The molecule has 1 atom stereocenters. The fraction of sp³-hybridized carbons (Fsp3) is 0.217. The molecule has 6 nitrogen and oxygen atoms in total. The minimum atomic E-state index is -0.701. The molecule has 2 aromatic rings. The van der Waals surface area contributed by atoms with E-state index in [2.05, 4.69) is 5.32 Å². The number of allylic oxidation sites excluding steroid dienone is 1. The van der Waals surface area contributed by atoms with Gasteiger partial charge in [0.25, 0.3) is 5.91 Å². The molecule has 0 radical (unpaired) electrons. The van der Waals surface area contributed by atoms with E-state index in [0.29, 0.717) is 17.0 Å². The number of carbonyl (C=O) groups excluding carboxylic acids is 2. The van der Waals surface area contributed by atoms with Crippen LogP contribution in [0.25, 0.3) is 0 Å². The normalized spacial score (nSPS) is 16.3. The standard InChI is InChI=1S/C23H24N2O4/c1-4-28-23(27)20-19(17-13-9-8-10-14(17)2)18(15(3)29-21(20)24)22(26)25-16-11-6-5-7-12-16/h5-13,19H,4,24H2,1-3H3,(H,25,26)/t19-/m0/s1. The van der Waals surface area contributed by atoms with Crippen molar-refractivity contribution in [3.63, 3.8) is 0 Å². The van der Waals surface area contributed by atoms with Gasteiger partial charge in [-0.3, -0.25) is 4.79 Å². The average Bonchev–Trinajstić information content (AvgIpc) is 2.68. The van der Waals surface area contributed by atoms with Crippen LogP contribution in [0.3, 0.4) is 0 Å². The van der Waals surface area contributed by atoms with E-state index >= 15 is 0 Å². The quantitative estimate of drug-likeness (QED) is 0.756. The lowest BCUT2D eigenvalue weighted by Gasteiger charge is -2.30. The second-order valence-corrected chi connectivity index (χ2v) is 6.68. The van der Waals surface area contributed by atoms with E-state index in [1.807, 2.05) is 49.4 Å². The van der Waals surface area contributed by atoms with Crippen molar-refractivity contribution < 1.29 is 19.1 Å². The summed E-state index contributed by atoms with van der Waals surface area (Å²) in [6.07, 6.45) is 0. The molecule has 150 valence electrons. The number of carbonyl (C=O) groups is 2. The molecule has 1 amide bonds. The molecule has 0 unspecified atom stereocenters. The number of esters is 1. The molecule has 2 aromatic carbocycles. The predicted molar refractivity (Wildman–Crippen MR) is 111 cm³/mol. The maximum Gasteiger partial charge on any atom is 0.340 e. The summed E-state index contributed by atoms with van der Waals surface area (Å²) >= 11 is 0. The van der Waals surface area contributed by atoms with Gasteiger partial charge in [-0.1, -0.05) is 42.5 Å². The minimum absolute atomic E-state index is 0.0505. The number of benzene rings is 2. The first-order valence-corrected chi connectivity index (χ1v) is 9.41. The van der Waals surface area contributed by atoms with Gasteiger partial charge in [0.1, 0.15) is 11.3 Å². The fourth-order valence-corrected chi connectivity index (χ4v) is 3.42. The third-order valence-corrected chi connectivity index (χ3v) is 4.76. The maximum atomic E-state index is 13.2. The molecule has 29 heavy (non-hydrogen) atoms. The zero-order valence-corrected chi connectivity index (χ0v) is 16.7. The van der Waals surface area contributed by atoms with Crippen molar-refractivity contribution in [2.75, 3.05) is 11.9 Å². The summed E-state index contributed by atoms with van der Waals surface area (Å²) in [7, 11) is 0. The van der Waals surface area contributed by atoms with Crippen molar-refractivity contribution in [3.8, 4) is 0 Å². The molecule has 3 rings (SSSR count). The lowest BCUT2D eigenvalue weighted by molar-refractivity contribution is -0.139. The van der Waals surface area contributed by atoms with Crippen molar-refractivity contribution in [2.45, 2.75) is 26.7 Å². The highest BCUT2D eigenvalue weighted by molar-refractivity contribution is 6.08. The molecule has 3 N–H and O–H groups in total. The Bertz CT molecular complexity index is 993. The number of hydrogen-bond acceptors (Lipinski definition) is 5. The van der Waals surface area contributed by atoms with Gasteiger partial charge in [-0.05, 0) is 44.0 Å². The van der Waals surface area contributed by atoms with Crippen molar-refractivity contribution in [3.05, 3.63) is 88.5 Å². The smallest absolute Gasteiger partial charge is 0.340 e. The first kappa shape index (κ1) is 20.2. The van der Waals surface area contributed by atoms with E-state index in [-0.39, 0.29) is 24.0 Å². The Hall–Kier alpha value is -3.54. The highest BCUT2D eigenvalue weighted by Gasteiger charge is 2.39. The molecule has 0 bridgehead atoms. The largest absolute Gasteiger partial charge is 0.462 e. The predicted octanol–water partition coefficient (Wildman–Crippen LogP) is 3.75. The van der Waals surface area contributed by atoms with Crippen LogP contribution in [-0.2, 0) is 19.1 Å². The first-order chi connectivity index (χ1) is 13.9. The zero-order chi connectivity index (χ0) is 21.0. The number of nitrogens with one attached hydrogen (secondary N) is 1. The van der Waals surface area contributed by atoms with Crippen LogP contribution in [0.2, 0.25) is 0 Å². The Morgan fingerprint density at radius 2 is 1.69 bits per heavy atom. The Balaban J connectivity index is 2.11. The molecule has 0 fully saturated rings. The molecular formula is C23H24N2O4. The zero-order valence-electron chi connectivity index (χ0n) is 16.7. The molecule has 1 aliphatic rings. The summed E-state index contributed by atoms with van der Waals surface area (Å²) < 4.78 is 10.8. The van der Waals surface area contributed by atoms with Gasteiger partial charge in [-0.25, -0.2) is 4.79 Å². The number of rotatable bonds is 5. The first-order valence-electron chi connectivity index (χ1n) is 9.41. The van der Waals surface area contributed by atoms with Crippen molar-refractivity contribution in [1.29, 1.82) is 0 Å². The molecule has 0 saturated heterocycles. The molecular weight excluding hydrogens is 368 g/mol. The van der Waals surface area contributed by atoms with Gasteiger partial charge in [0.05, 0.1) is 18.1 Å². The summed E-state index contributed by atoms with van der Waals surface area (Å²) in [5.41, 5.74) is 8.89. The van der Waals surface area contributed by atoms with Crippen LogP contribution in [0.1, 0.15) is 30.9 Å². The molecule has 1 aliphatic heterocycles. The number of nitrogens with two attached hydrogens (primary N) is 1. The number of para-hydroxylation sites is 1.